The molecule has 0 saturated carbocycles. The fourth-order valence-electron chi connectivity index (χ4n) is 2.85. The standard InChI is InChI=1S/C15H16FNO/c16-13-8-3-9-14-12(13)7-4-10-17(14)15(18)11-5-1-2-6-11/h1-3,8-9,11H,4-7,10H2. The van der Waals surface area contributed by atoms with E-state index in [2.05, 4.69) is 12.2 Å². The third-order valence-electron chi connectivity index (χ3n) is 3.82. The molecule has 2 nitrogen and oxygen atoms in total. The van der Waals surface area contributed by atoms with Crippen molar-refractivity contribution in [3.63, 3.8) is 0 Å². The largest absolute Gasteiger partial charge is 0.312 e. The molecular weight excluding hydrogens is 229 g/mol. The minimum atomic E-state index is -0.186. The van der Waals surface area contributed by atoms with Gasteiger partial charge in [0.15, 0.2) is 0 Å². The molecule has 0 saturated heterocycles. The summed E-state index contributed by atoms with van der Waals surface area (Å²) in [4.78, 5) is 14.2. The van der Waals surface area contributed by atoms with E-state index in [-0.39, 0.29) is 17.6 Å². The van der Waals surface area contributed by atoms with E-state index in [1.165, 1.54) is 6.07 Å². The normalized spacial score (nSPS) is 19.1. The van der Waals surface area contributed by atoms with Crippen molar-refractivity contribution in [2.75, 3.05) is 11.4 Å². The molecular formula is C15H16FNO. The number of rotatable bonds is 1. The Morgan fingerprint density at radius 1 is 1.28 bits per heavy atom. The van der Waals surface area contributed by atoms with Gasteiger partial charge >= 0.3 is 0 Å². The Bertz CT molecular complexity index is 501. The average Bonchev–Trinajstić information content (AvgIpc) is 2.92. The van der Waals surface area contributed by atoms with Crippen LogP contribution in [0.5, 0.6) is 0 Å². The van der Waals surface area contributed by atoms with Gasteiger partial charge in [-0.1, -0.05) is 18.2 Å². The quantitative estimate of drug-likeness (QED) is 0.696. The minimum Gasteiger partial charge on any atom is -0.312 e. The average molecular weight is 245 g/mol. The molecule has 1 aliphatic carbocycles. The number of carbonyl (C=O) groups excluding carboxylic acids is 1. The highest BCUT2D eigenvalue weighted by Crippen LogP contribution is 2.32. The Labute approximate surface area is 106 Å². The van der Waals surface area contributed by atoms with Gasteiger partial charge in [-0.15, -0.1) is 0 Å². The van der Waals surface area contributed by atoms with Crippen molar-refractivity contribution in [3.05, 3.63) is 41.7 Å². The van der Waals surface area contributed by atoms with Crippen molar-refractivity contribution in [3.8, 4) is 0 Å². The predicted octanol–water partition coefficient (Wildman–Crippen LogP) is 3.07. The highest BCUT2D eigenvalue weighted by Gasteiger charge is 2.29. The van der Waals surface area contributed by atoms with Crippen LogP contribution in [0.15, 0.2) is 30.4 Å². The number of nitrogens with zero attached hydrogens (tertiary/aromatic N) is 1. The number of carbonyl (C=O) groups is 1. The van der Waals surface area contributed by atoms with E-state index < -0.39 is 0 Å². The van der Waals surface area contributed by atoms with Gasteiger partial charge in [-0.25, -0.2) is 4.39 Å². The lowest BCUT2D eigenvalue weighted by Gasteiger charge is -2.31. The smallest absolute Gasteiger partial charge is 0.230 e. The monoisotopic (exact) mass is 245 g/mol. The van der Waals surface area contributed by atoms with Crippen LogP contribution in [0.25, 0.3) is 0 Å². The Hall–Kier alpha value is -1.64. The first-order valence-corrected chi connectivity index (χ1v) is 6.51. The van der Waals surface area contributed by atoms with Gasteiger partial charge in [0.1, 0.15) is 5.82 Å². The van der Waals surface area contributed by atoms with Crippen molar-refractivity contribution >= 4 is 11.6 Å². The van der Waals surface area contributed by atoms with Crippen LogP contribution in [-0.2, 0) is 11.2 Å². The fourth-order valence-corrected chi connectivity index (χ4v) is 2.85. The molecule has 2 aliphatic rings. The second-order valence-corrected chi connectivity index (χ2v) is 4.97. The third-order valence-corrected chi connectivity index (χ3v) is 3.82. The predicted molar refractivity (Wildman–Crippen MR) is 68.9 cm³/mol. The summed E-state index contributed by atoms with van der Waals surface area (Å²) in [6.07, 6.45) is 7.33. The Morgan fingerprint density at radius 2 is 2.06 bits per heavy atom. The molecule has 0 N–H and O–H groups in total. The number of anilines is 1. The number of hydrogen-bond donors (Lipinski definition) is 0. The maximum absolute atomic E-state index is 13.7. The zero-order valence-corrected chi connectivity index (χ0v) is 10.2. The molecule has 1 aromatic carbocycles. The summed E-state index contributed by atoms with van der Waals surface area (Å²) in [6, 6.07) is 5.02. The summed E-state index contributed by atoms with van der Waals surface area (Å²) in [7, 11) is 0. The minimum absolute atomic E-state index is 0.0548. The number of fused-ring (bicyclic) bond motifs is 1. The first-order valence-electron chi connectivity index (χ1n) is 6.51. The van der Waals surface area contributed by atoms with E-state index in [4.69, 9.17) is 0 Å². The maximum Gasteiger partial charge on any atom is 0.230 e. The number of allylic oxidation sites excluding steroid dienone is 2. The van der Waals surface area contributed by atoms with Crippen molar-refractivity contribution < 1.29 is 9.18 Å². The molecule has 3 rings (SSSR count). The van der Waals surface area contributed by atoms with Crippen LogP contribution in [0.4, 0.5) is 10.1 Å². The lowest BCUT2D eigenvalue weighted by molar-refractivity contribution is -0.122. The molecule has 0 radical (unpaired) electrons. The molecule has 94 valence electrons. The zero-order chi connectivity index (χ0) is 12.5. The second kappa shape index (κ2) is 4.56. The number of benzene rings is 1. The molecule has 0 unspecified atom stereocenters. The topological polar surface area (TPSA) is 20.3 Å². The van der Waals surface area contributed by atoms with E-state index in [1.54, 1.807) is 11.0 Å². The van der Waals surface area contributed by atoms with Crippen molar-refractivity contribution in [2.45, 2.75) is 25.7 Å². The highest BCUT2D eigenvalue weighted by atomic mass is 19.1. The van der Waals surface area contributed by atoms with Crippen LogP contribution in [-0.4, -0.2) is 12.5 Å². The molecule has 1 aromatic rings. The maximum atomic E-state index is 13.7. The van der Waals surface area contributed by atoms with Crippen LogP contribution in [0, 0.1) is 11.7 Å². The van der Waals surface area contributed by atoms with E-state index >= 15 is 0 Å². The van der Waals surface area contributed by atoms with Gasteiger partial charge in [-0.3, -0.25) is 4.79 Å². The first-order chi connectivity index (χ1) is 8.77. The van der Waals surface area contributed by atoms with E-state index in [0.29, 0.717) is 12.1 Å². The molecule has 3 heteroatoms. The lowest BCUT2D eigenvalue weighted by atomic mass is 9.98. The SMILES string of the molecule is O=C(C1CC=CC1)N1CCCc2c(F)cccc21. The van der Waals surface area contributed by atoms with Crippen LogP contribution < -0.4 is 4.90 Å². The van der Waals surface area contributed by atoms with Crippen molar-refractivity contribution in [1.82, 2.24) is 0 Å². The van der Waals surface area contributed by atoms with Crippen LogP contribution in [0.2, 0.25) is 0 Å². The van der Waals surface area contributed by atoms with E-state index in [0.717, 1.165) is 31.4 Å². The molecule has 0 spiro atoms. The molecule has 0 bridgehead atoms. The van der Waals surface area contributed by atoms with Gasteiger partial charge in [0.2, 0.25) is 5.91 Å². The lowest BCUT2D eigenvalue weighted by Crippen LogP contribution is -2.39. The molecule has 1 heterocycles. The van der Waals surface area contributed by atoms with Gasteiger partial charge in [-0.05, 0) is 37.8 Å². The third kappa shape index (κ3) is 1.84. The fraction of sp³-hybridized carbons (Fsp3) is 0.400. The number of halogens is 1. The van der Waals surface area contributed by atoms with Gasteiger partial charge < -0.3 is 4.90 Å². The van der Waals surface area contributed by atoms with Gasteiger partial charge in [0.25, 0.3) is 0 Å². The van der Waals surface area contributed by atoms with E-state index in [1.807, 2.05) is 6.07 Å². The molecule has 18 heavy (non-hydrogen) atoms. The Kier molecular flexibility index (Phi) is 2.90. The molecule has 1 aliphatic heterocycles. The van der Waals surface area contributed by atoms with Crippen LogP contribution in [0.3, 0.4) is 0 Å². The molecule has 0 fully saturated rings. The summed E-state index contributed by atoms with van der Waals surface area (Å²) in [5.74, 6) is 0.0142. The molecule has 1 amide bonds. The van der Waals surface area contributed by atoms with Crippen LogP contribution in [0.1, 0.15) is 24.8 Å². The van der Waals surface area contributed by atoms with Crippen LogP contribution >= 0.6 is 0 Å². The van der Waals surface area contributed by atoms with Gasteiger partial charge in [-0.2, -0.15) is 0 Å². The summed E-state index contributed by atoms with van der Waals surface area (Å²) in [6.45, 7) is 0.714. The number of hydrogen-bond acceptors (Lipinski definition) is 1. The van der Waals surface area contributed by atoms with Gasteiger partial charge in [0.05, 0.1) is 0 Å². The summed E-state index contributed by atoms with van der Waals surface area (Å²) >= 11 is 0. The summed E-state index contributed by atoms with van der Waals surface area (Å²) in [5, 5.41) is 0. The first kappa shape index (κ1) is 11.5. The van der Waals surface area contributed by atoms with Gasteiger partial charge in [0, 0.05) is 23.7 Å². The molecule has 0 aromatic heterocycles. The highest BCUT2D eigenvalue weighted by molar-refractivity contribution is 5.96. The Balaban J connectivity index is 1.91. The van der Waals surface area contributed by atoms with Crippen molar-refractivity contribution in [2.24, 2.45) is 5.92 Å². The Morgan fingerprint density at radius 3 is 2.83 bits per heavy atom. The van der Waals surface area contributed by atoms with E-state index in [9.17, 15) is 9.18 Å². The second-order valence-electron chi connectivity index (χ2n) is 4.97. The number of amides is 1. The van der Waals surface area contributed by atoms with Crippen molar-refractivity contribution in [1.29, 1.82) is 0 Å². The summed E-state index contributed by atoms with van der Waals surface area (Å²) < 4.78 is 13.7. The molecule has 0 atom stereocenters. The zero-order valence-electron chi connectivity index (χ0n) is 10.2. The summed E-state index contributed by atoms with van der Waals surface area (Å²) in [5.41, 5.74) is 1.47.